The van der Waals surface area contributed by atoms with Gasteiger partial charge in [0, 0.05) is 23.5 Å². The molecule has 2 aliphatic rings. The number of nitrogens with zero attached hydrogens (tertiary/aromatic N) is 1. The Bertz CT molecular complexity index is 1020. The van der Waals surface area contributed by atoms with E-state index in [1.807, 2.05) is 18.2 Å². The molecular weight excluding hydrogens is 463 g/mol. The van der Waals surface area contributed by atoms with Gasteiger partial charge in [-0.15, -0.1) is 0 Å². The van der Waals surface area contributed by atoms with Gasteiger partial charge in [-0.25, -0.2) is 0 Å². The second-order valence-electron chi connectivity index (χ2n) is 8.91. The van der Waals surface area contributed by atoms with Crippen LogP contribution in [0.1, 0.15) is 43.7 Å². The van der Waals surface area contributed by atoms with E-state index in [1.165, 1.54) is 0 Å². The van der Waals surface area contributed by atoms with Crippen LogP contribution in [0.25, 0.3) is 0 Å². The summed E-state index contributed by atoms with van der Waals surface area (Å²) in [6.45, 7) is 0.804. The summed E-state index contributed by atoms with van der Waals surface area (Å²) in [6.07, 6.45) is 4.45. The number of hydrogen-bond acceptors (Lipinski definition) is 5. The number of ether oxygens (including phenoxy) is 2. The lowest BCUT2D eigenvalue weighted by Crippen LogP contribution is -2.56. The molecule has 2 aromatic carbocycles. The van der Waals surface area contributed by atoms with Gasteiger partial charge in [-0.2, -0.15) is 0 Å². The van der Waals surface area contributed by atoms with Crippen molar-refractivity contribution in [2.24, 2.45) is 5.92 Å². The van der Waals surface area contributed by atoms with Crippen LogP contribution in [0.3, 0.4) is 0 Å². The van der Waals surface area contributed by atoms with Gasteiger partial charge in [0.25, 0.3) is 0 Å². The van der Waals surface area contributed by atoms with Crippen LogP contribution >= 0.6 is 23.2 Å². The van der Waals surface area contributed by atoms with Crippen molar-refractivity contribution < 1.29 is 19.4 Å². The minimum absolute atomic E-state index is 0.0324. The summed E-state index contributed by atoms with van der Waals surface area (Å²) >= 11 is 12.2. The lowest BCUT2D eigenvalue weighted by molar-refractivity contribution is -0.135. The summed E-state index contributed by atoms with van der Waals surface area (Å²) in [7, 11) is 3.22. The fourth-order valence-electron chi connectivity index (χ4n) is 5.36. The van der Waals surface area contributed by atoms with E-state index in [1.54, 1.807) is 32.4 Å². The maximum atomic E-state index is 13.0. The first-order chi connectivity index (χ1) is 15.8. The third-order valence-corrected chi connectivity index (χ3v) is 7.52. The number of carbonyl (C=O) groups excluding carboxylic acids is 1. The molecule has 0 spiro atoms. The molecule has 1 aliphatic carbocycles. The number of anilines is 1. The molecule has 2 N–H and O–H groups in total. The molecule has 0 radical (unpaired) electrons. The van der Waals surface area contributed by atoms with Gasteiger partial charge in [-0.05, 0) is 55.2 Å². The van der Waals surface area contributed by atoms with Crippen LogP contribution in [0.4, 0.5) is 5.69 Å². The molecular formula is C25H30Cl2N2O4. The van der Waals surface area contributed by atoms with Crippen LogP contribution in [-0.2, 0) is 4.79 Å². The van der Waals surface area contributed by atoms with Crippen LogP contribution in [0.15, 0.2) is 36.4 Å². The number of hydrogen-bond donors (Lipinski definition) is 2. The maximum Gasteiger partial charge on any atom is 0.238 e. The van der Waals surface area contributed by atoms with Gasteiger partial charge in [-0.1, -0.05) is 42.1 Å². The Balaban J connectivity index is 1.62. The molecule has 0 bridgehead atoms. The topological polar surface area (TPSA) is 71.0 Å². The highest BCUT2D eigenvalue weighted by molar-refractivity contribution is 6.36. The molecule has 8 heteroatoms. The molecule has 1 heterocycles. The second-order valence-corrected chi connectivity index (χ2v) is 9.75. The van der Waals surface area contributed by atoms with Gasteiger partial charge in [0.05, 0.1) is 37.1 Å². The predicted molar refractivity (Wildman–Crippen MR) is 130 cm³/mol. The SMILES string of the molecule is COc1ccc([C@H]2[C@H]3CCCC[C@@]3(O)CCN2CC(=O)Nc2ccc(Cl)cc2Cl)cc1OC. The largest absolute Gasteiger partial charge is 0.493 e. The zero-order chi connectivity index (χ0) is 23.6. The molecule has 33 heavy (non-hydrogen) atoms. The lowest BCUT2D eigenvalue weighted by Gasteiger charge is -2.52. The number of halogens is 2. The van der Waals surface area contributed by atoms with Crippen molar-refractivity contribution in [1.82, 2.24) is 4.90 Å². The second kappa shape index (κ2) is 10.1. The highest BCUT2D eigenvalue weighted by Gasteiger charge is 2.49. The molecule has 4 rings (SSSR count). The molecule has 1 saturated heterocycles. The smallest absolute Gasteiger partial charge is 0.238 e. The van der Waals surface area contributed by atoms with Crippen LogP contribution in [0, 0.1) is 5.92 Å². The Labute approximate surface area is 204 Å². The van der Waals surface area contributed by atoms with E-state index in [4.69, 9.17) is 32.7 Å². The van der Waals surface area contributed by atoms with Crippen LogP contribution in [0.5, 0.6) is 11.5 Å². The number of benzene rings is 2. The van der Waals surface area contributed by atoms with Gasteiger partial charge in [0.2, 0.25) is 5.91 Å². The van der Waals surface area contributed by atoms with E-state index < -0.39 is 5.60 Å². The van der Waals surface area contributed by atoms with Gasteiger partial charge < -0.3 is 19.9 Å². The van der Waals surface area contributed by atoms with Gasteiger partial charge in [0.1, 0.15) is 0 Å². The Morgan fingerprint density at radius 1 is 1.12 bits per heavy atom. The van der Waals surface area contributed by atoms with Crippen molar-refractivity contribution in [2.45, 2.75) is 43.7 Å². The van der Waals surface area contributed by atoms with E-state index in [0.29, 0.717) is 40.2 Å². The van der Waals surface area contributed by atoms with Gasteiger partial charge >= 0.3 is 0 Å². The average Bonchev–Trinajstić information content (AvgIpc) is 2.80. The fraction of sp³-hybridized carbons (Fsp3) is 0.480. The Hall–Kier alpha value is -1.99. The van der Waals surface area contributed by atoms with Crippen molar-refractivity contribution in [3.05, 3.63) is 52.0 Å². The standard InChI is InChI=1S/C25H30Cl2N2O4/c1-32-21-9-6-16(13-22(21)33-2)24-18-5-3-4-10-25(18,31)11-12-29(24)15-23(30)28-20-8-7-17(26)14-19(20)27/h6-9,13-14,18,24,31H,3-5,10-12,15H2,1-2H3,(H,28,30)/t18-,24+,25-/m1/s1. The zero-order valence-corrected chi connectivity index (χ0v) is 20.5. The van der Waals surface area contributed by atoms with E-state index in [2.05, 4.69) is 10.2 Å². The Morgan fingerprint density at radius 2 is 1.91 bits per heavy atom. The maximum absolute atomic E-state index is 13.0. The molecule has 3 atom stereocenters. The quantitative estimate of drug-likeness (QED) is 0.570. The van der Waals surface area contributed by atoms with Crippen LogP contribution < -0.4 is 14.8 Å². The molecule has 178 valence electrons. The first-order valence-electron chi connectivity index (χ1n) is 11.3. The lowest BCUT2D eigenvalue weighted by atomic mass is 9.66. The number of amides is 1. The summed E-state index contributed by atoms with van der Waals surface area (Å²) in [4.78, 5) is 15.2. The molecule has 1 saturated carbocycles. The van der Waals surface area contributed by atoms with Crippen molar-refractivity contribution in [2.75, 3.05) is 32.6 Å². The first kappa shape index (κ1) is 24.1. The number of methoxy groups -OCH3 is 2. The number of fused-ring (bicyclic) bond motifs is 1. The van der Waals surface area contributed by atoms with Crippen molar-refractivity contribution in [3.63, 3.8) is 0 Å². The summed E-state index contributed by atoms with van der Waals surface area (Å²) < 4.78 is 10.9. The third-order valence-electron chi connectivity index (χ3n) is 6.97. The fourth-order valence-corrected chi connectivity index (χ4v) is 5.82. The average molecular weight is 493 g/mol. The molecule has 1 aliphatic heterocycles. The summed E-state index contributed by atoms with van der Waals surface area (Å²) in [5.74, 6) is 1.16. The van der Waals surface area contributed by atoms with Crippen molar-refractivity contribution in [1.29, 1.82) is 0 Å². The predicted octanol–water partition coefficient (Wildman–Crippen LogP) is 5.32. The van der Waals surface area contributed by atoms with E-state index >= 15 is 0 Å². The van der Waals surface area contributed by atoms with Crippen LogP contribution in [0.2, 0.25) is 10.0 Å². The minimum Gasteiger partial charge on any atom is -0.493 e. The van der Waals surface area contributed by atoms with Crippen molar-refractivity contribution in [3.8, 4) is 11.5 Å². The minimum atomic E-state index is -0.720. The number of aliphatic hydroxyl groups is 1. The van der Waals surface area contributed by atoms with E-state index in [-0.39, 0.29) is 24.4 Å². The normalized spacial score (nSPS) is 25.2. The summed E-state index contributed by atoms with van der Waals surface area (Å²) in [5, 5.41) is 15.3. The molecule has 2 fully saturated rings. The monoisotopic (exact) mass is 492 g/mol. The molecule has 0 aromatic heterocycles. The zero-order valence-electron chi connectivity index (χ0n) is 18.9. The highest BCUT2D eigenvalue weighted by atomic mass is 35.5. The third kappa shape index (κ3) is 5.09. The van der Waals surface area contributed by atoms with Gasteiger partial charge in [-0.3, -0.25) is 9.69 Å². The van der Waals surface area contributed by atoms with E-state index in [9.17, 15) is 9.90 Å². The number of likely N-dealkylation sites (tertiary alicyclic amines) is 1. The highest BCUT2D eigenvalue weighted by Crippen LogP contribution is 2.50. The molecule has 2 aromatic rings. The number of piperidine rings is 1. The number of nitrogens with one attached hydrogen (secondary N) is 1. The van der Waals surface area contributed by atoms with Crippen LogP contribution in [-0.4, -0.2) is 48.8 Å². The molecule has 1 amide bonds. The summed E-state index contributed by atoms with van der Waals surface area (Å²) in [6, 6.07) is 10.7. The Morgan fingerprint density at radius 3 is 2.64 bits per heavy atom. The van der Waals surface area contributed by atoms with E-state index in [0.717, 1.165) is 31.2 Å². The Kier molecular flexibility index (Phi) is 7.39. The number of carbonyl (C=O) groups is 1. The molecule has 6 nitrogen and oxygen atoms in total. The summed E-state index contributed by atoms with van der Waals surface area (Å²) in [5.41, 5.74) is 0.817. The number of rotatable bonds is 6. The van der Waals surface area contributed by atoms with Crippen molar-refractivity contribution >= 4 is 34.8 Å². The van der Waals surface area contributed by atoms with Gasteiger partial charge in [0.15, 0.2) is 11.5 Å². The molecule has 0 unspecified atom stereocenters. The first-order valence-corrected chi connectivity index (χ1v) is 12.0.